The van der Waals surface area contributed by atoms with Crippen molar-refractivity contribution in [3.05, 3.63) is 29.0 Å². The summed E-state index contributed by atoms with van der Waals surface area (Å²) >= 11 is 5.86. The van der Waals surface area contributed by atoms with Crippen molar-refractivity contribution in [2.45, 2.75) is 6.42 Å². The van der Waals surface area contributed by atoms with Crippen LogP contribution in [0.15, 0.2) is 22.7 Å². The normalized spacial score (nSPS) is 10.6. The van der Waals surface area contributed by atoms with E-state index in [0.717, 1.165) is 0 Å². The van der Waals surface area contributed by atoms with E-state index in [4.69, 9.17) is 27.0 Å². The lowest BCUT2D eigenvalue weighted by Crippen LogP contribution is -1.92. The van der Waals surface area contributed by atoms with Crippen LogP contribution in [0.4, 0.5) is 5.69 Å². The average Bonchev–Trinajstić information content (AvgIpc) is 2.65. The Balaban J connectivity index is 2.34. The number of anilines is 1. The highest BCUT2D eigenvalue weighted by Crippen LogP contribution is 2.24. The third-order valence-electron chi connectivity index (χ3n) is 1.97. The molecule has 0 aliphatic carbocycles. The van der Waals surface area contributed by atoms with E-state index in [2.05, 4.69) is 10.1 Å². The minimum absolute atomic E-state index is 0.0172. The highest BCUT2D eigenvalue weighted by molar-refractivity contribution is 6.31. The Bertz CT molecular complexity index is 478. The van der Waals surface area contributed by atoms with Gasteiger partial charge in [-0.15, -0.1) is 0 Å². The van der Waals surface area contributed by atoms with Gasteiger partial charge in [-0.25, -0.2) is 0 Å². The van der Waals surface area contributed by atoms with Gasteiger partial charge in [-0.3, -0.25) is 0 Å². The molecule has 0 aliphatic rings. The second-order valence-electron chi connectivity index (χ2n) is 3.26. The van der Waals surface area contributed by atoms with Crippen molar-refractivity contribution in [2.75, 3.05) is 12.3 Å². The van der Waals surface area contributed by atoms with Crippen molar-refractivity contribution < 1.29 is 9.63 Å². The predicted molar refractivity (Wildman–Crippen MR) is 59.9 cm³/mol. The molecule has 0 unspecified atom stereocenters. The molecule has 5 nitrogen and oxygen atoms in total. The van der Waals surface area contributed by atoms with Crippen molar-refractivity contribution in [3.63, 3.8) is 0 Å². The lowest BCUT2D eigenvalue weighted by molar-refractivity contribution is 0.293. The van der Waals surface area contributed by atoms with Gasteiger partial charge in [0.05, 0.1) is 6.61 Å². The Morgan fingerprint density at radius 1 is 1.38 bits per heavy atom. The predicted octanol–water partition coefficient (Wildman–Crippen LogP) is 1.51. The van der Waals surface area contributed by atoms with Gasteiger partial charge in [0.1, 0.15) is 0 Å². The molecule has 1 aromatic carbocycles. The van der Waals surface area contributed by atoms with Crippen LogP contribution in [0.1, 0.15) is 5.82 Å². The lowest BCUT2D eigenvalue weighted by Gasteiger charge is -1.98. The molecule has 0 radical (unpaired) electrons. The number of hydrogen-bond donors (Lipinski definition) is 2. The average molecular weight is 240 g/mol. The zero-order valence-corrected chi connectivity index (χ0v) is 9.11. The fourth-order valence-corrected chi connectivity index (χ4v) is 1.55. The van der Waals surface area contributed by atoms with Gasteiger partial charge >= 0.3 is 0 Å². The molecule has 16 heavy (non-hydrogen) atoms. The molecule has 1 heterocycles. The van der Waals surface area contributed by atoms with Crippen molar-refractivity contribution in [2.24, 2.45) is 0 Å². The number of aliphatic hydroxyl groups excluding tert-OH is 1. The van der Waals surface area contributed by atoms with Crippen LogP contribution < -0.4 is 5.73 Å². The van der Waals surface area contributed by atoms with Gasteiger partial charge in [0.25, 0.3) is 5.89 Å². The van der Waals surface area contributed by atoms with Gasteiger partial charge < -0.3 is 15.4 Å². The van der Waals surface area contributed by atoms with Crippen LogP contribution in [-0.4, -0.2) is 21.9 Å². The van der Waals surface area contributed by atoms with Crippen LogP contribution in [0, 0.1) is 0 Å². The Hall–Kier alpha value is -1.59. The summed E-state index contributed by atoms with van der Waals surface area (Å²) in [6, 6.07) is 5.02. The quantitative estimate of drug-likeness (QED) is 0.793. The zero-order valence-electron chi connectivity index (χ0n) is 8.35. The fourth-order valence-electron chi connectivity index (χ4n) is 1.31. The maximum Gasteiger partial charge on any atom is 0.258 e. The highest BCUT2D eigenvalue weighted by Gasteiger charge is 2.09. The molecular formula is C10H10ClN3O2. The number of nitrogens with two attached hydrogens (primary N) is 1. The molecule has 3 N–H and O–H groups in total. The SMILES string of the molecule is Nc1cc(Cl)cc(-c2nc(CCO)no2)c1. The molecule has 0 aliphatic heterocycles. The van der Waals surface area contributed by atoms with Crippen LogP contribution in [0.25, 0.3) is 11.5 Å². The maximum atomic E-state index is 8.72. The Kier molecular flexibility index (Phi) is 3.07. The summed E-state index contributed by atoms with van der Waals surface area (Å²) in [6.07, 6.45) is 0.361. The van der Waals surface area contributed by atoms with E-state index >= 15 is 0 Å². The molecule has 0 atom stereocenters. The summed E-state index contributed by atoms with van der Waals surface area (Å²) in [5.41, 5.74) is 6.85. The van der Waals surface area contributed by atoms with Crippen molar-refractivity contribution >= 4 is 17.3 Å². The monoisotopic (exact) mass is 239 g/mol. The van der Waals surface area contributed by atoms with E-state index in [0.29, 0.717) is 34.4 Å². The first-order chi connectivity index (χ1) is 7.69. The molecule has 84 valence electrons. The second kappa shape index (κ2) is 4.51. The van der Waals surface area contributed by atoms with E-state index in [1.165, 1.54) is 0 Å². The van der Waals surface area contributed by atoms with Gasteiger partial charge in [-0.05, 0) is 18.2 Å². The molecule has 0 spiro atoms. The summed E-state index contributed by atoms with van der Waals surface area (Å²) in [7, 11) is 0. The largest absolute Gasteiger partial charge is 0.399 e. The molecule has 0 amide bonds. The van der Waals surface area contributed by atoms with E-state index in [9.17, 15) is 0 Å². The molecule has 0 saturated carbocycles. The minimum atomic E-state index is -0.0172. The molecule has 0 saturated heterocycles. The number of benzene rings is 1. The Labute approximate surface area is 96.8 Å². The second-order valence-corrected chi connectivity index (χ2v) is 3.70. The van der Waals surface area contributed by atoms with Crippen molar-refractivity contribution in [1.82, 2.24) is 10.1 Å². The highest BCUT2D eigenvalue weighted by atomic mass is 35.5. The fraction of sp³-hybridized carbons (Fsp3) is 0.200. The van der Waals surface area contributed by atoms with E-state index in [1.54, 1.807) is 18.2 Å². The molecule has 2 rings (SSSR count). The first-order valence-electron chi connectivity index (χ1n) is 4.69. The first-order valence-corrected chi connectivity index (χ1v) is 5.06. The van der Waals surface area contributed by atoms with Gasteiger partial charge in [-0.2, -0.15) is 4.98 Å². The van der Waals surface area contributed by atoms with E-state index in [1.807, 2.05) is 0 Å². The Morgan fingerprint density at radius 2 is 2.19 bits per heavy atom. The zero-order chi connectivity index (χ0) is 11.5. The smallest absolute Gasteiger partial charge is 0.258 e. The standard InChI is InChI=1S/C10H10ClN3O2/c11-7-3-6(4-8(12)5-7)10-13-9(1-2-15)14-16-10/h3-5,15H,1-2,12H2. The number of halogens is 1. The number of nitrogen functional groups attached to an aromatic ring is 1. The minimum Gasteiger partial charge on any atom is -0.399 e. The number of aliphatic hydroxyl groups is 1. The summed E-state index contributed by atoms with van der Waals surface area (Å²) in [4.78, 5) is 4.10. The third-order valence-corrected chi connectivity index (χ3v) is 2.19. The number of rotatable bonds is 3. The van der Waals surface area contributed by atoms with Crippen LogP contribution in [-0.2, 0) is 6.42 Å². The van der Waals surface area contributed by atoms with Gasteiger partial charge in [-0.1, -0.05) is 16.8 Å². The Morgan fingerprint density at radius 3 is 2.88 bits per heavy atom. The van der Waals surface area contributed by atoms with Gasteiger partial charge in [0.2, 0.25) is 0 Å². The molecule has 6 heteroatoms. The number of nitrogens with zero attached hydrogens (tertiary/aromatic N) is 2. The molecular weight excluding hydrogens is 230 g/mol. The first kappa shape index (κ1) is 10.9. The van der Waals surface area contributed by atoms with Crippen LogP contribution in [0.2, 0.25) is 5.02 Å². The summed E-state index contributed by atoms with van der Waals surface area (Å²) < 4.78 is 5.03. The van der Waals surface area contributed by atoms with Crippen molar-refractivity contribution in [3.8, 4) is 11.5 Å². The van der Waals surface area contributed by atoms with E-state index in [-0.39, 0.29) is 6.61 Å². The summed E-state index contributed by atoms with van der Waals surface area (Å²) in [6.45, 7) is -0.0172. The van der Waals surface area contributed by atoms with Crippen LogP contribution in [0.5, 0.6) is 0 Å². The van der Waals surface area contributed by atoms with Gasteiger partial charge in [0.15, 0.2) is 5.82 Å². The lowest BCUT2D eigenvalue weighted by atomic mass is 10.2. The maximum absolute atomic E-state index is 8.72. The van der Waals surface area contributed by atoms with Crippen molar-refractivity contribution in [1.29, 1.82) is 0 Å². The molecule has 0 bridgehead atoms. The number of hydrogen-bond acceptors (Lipinski definition) is 5. The molecule has 2 aromatic rings. The van der Waals surface area contributed by atoms with E-state index < -0.39 is 0 Å². The topological polar surface area (TPSA) is 85.2 Å². The molecule has 0 fully saturated rings. The van der Waals surface area contributed by atoms with Crippen LogP contribution in [0.3, 0.4) is 0 Å². The van der Waals surface area contributed by atoms with Crippen LogP contribution >= 0.6 is 11.6 Å². The number of aromatic nitrogens is 2. The summed E-state index contributed by atoms with van der Waals surface area (Å²) in [5, 5.41) is 12.9. The molecule has 1 aromatic heterocycles. The summed E-state index contributed by atoms with van der Waals surface area (Å²) in [5.74, 6) is 0.800. The van der Waals surface area contributed by atoms with Gasteiger partial charge in [0, 0.05) is 22.7 Å². The third kappa shape index (κ3) is 2.32.